The van der Waals surface area contributed by atoms with Gasteiger partial charge in [-0.1, -0.05) is 0 Å². The molecule has 0 aromatic carbocycles. The van der Waals surface area contributed by atoms with Crippen LogP contribution < -0.4 is 16.4 Å². The highest BCUT2D eigenvalue weighted by Gasteiger charge is 2.13. The van der Waals surface area contributed by atoms with Crippen LogP contribution >= 0.6 is 27.3 Å². The molecule has 0 radical (unpaired) electrons. The molecule has 1 aromatic rings. The lowest BCUT2D eigenvalue weighted by Crippen LogP contribution is -2.46. The molecule has 0 saturated heterocycles. The minimum atomic E-state index is -0.836. The summed E-state index contributed by atoms with van der Waals surface area (Å²) in [4.78, 5) is 22.9. The topological polar surface area (TPSA) is 84.2 Å². The van der Waals surface area contributed by atoms with Crippen LogP contribution in [0.1, 0.15) is 11.8 Å². The van der Waals surface area contributed by atoms with Gasteiger partial charge in [0.1, 0.15) is 0 Å². The van der Waals surface area contributed by atoms with Gasteiger partial charge in [0, 0.05) is 21.3 Å². The van der Waals surface area contributed by atoms with E-state index in [2.05, 4.69) is 21.2 Å². The van der Waals surface area contributed by atoms with Crippen molar-refractivity contribution < 1.29 is 9.59 Å². The number of urea groups is 1. The van der Waals surface area contributed by atoms with Crippen molar-refractivity contribution in [3.05, 3.63) is 20.8 Å². The number of amides is 3. The van der Waals surface area contributed by atoms with Gasteiger partial charge >= 0.3 is 6.03 Å². The van der Waals surface area contributed by atoms with Gasteiger partial charge in [-0.05, 0) is 28.9 Å². The minimum absolute atomic E-state index is 0.428. The van der Waals surface area contributed by atoms with Crippen LogP contribution in [-0.4, -0.2) is 18.0 Å². The van der Waals surface area contributed by atoms with E-state index in [4.69, 9.17) is 5.73 Å². The summed E-state index contributed by atoms with van der Waals surface area (Å²) >= 11 is 4.93. The molecule has 0 saturated carbocycles. The highest BCUT2D eigenvalue weighted by molar-refractivity contribution is 9.10. The average molecular weight is 306 g/mol. The number of primary amides is 1. The Kier molecular flexibility index (Phi) is 4.91. The quantitative estimate of drug-likeness (QED) is 0.781. The van der Waals surface area contributed by atoms with Crippen molar-refractivity contribution in [2.45, 2.75) is 19.5 Å². The molecule has 5 nitrogen and oxygen atoms in total. The summed E-state index contributed by atoms with van der Waals surface area (Å²) in [6.45, 7) is 2.24. The number of imide groups is 1. The second-order valence-electron chi connectivity index (χ2n) is 3.19. The Labute approximate surface area is 106 Å². The van der Waals surface area contributed by atoms with E-state index in [-0.39, 0.29) is 0 Å². The molecule has 1 unspecified atom stereocenters. The molecular weight excluding hydrogens is 294 g/mol. The maximum absolute atomic E-state index is 11.3. The Hall–Kier alpha value is -0.920. The van der Waals surface area contributed by atoms with E-state index in [0.717, 1.165) is 9.35 Å². The monoisotopic (exact) mass is 305 g/mol. The van der Waals surface area contributed by atoms with Crippen molar-refractivity contribution in [3.63, 3.8) is 0 Å². The van der Waals surface area contributed by atoms with Crippen molar-refractivity contribution in [2.24, 2.45) is 5.73 Å². The van der Waals surface area contributed by atoms with Gasteiger partial charge in [0.05, 0.1) is 6.04 Å². The van der Waals surface area contributed by atoms with Crippen molar-refractivity contribution >= 4 is 39.2 Å². The Bertz CT molecular complexity index is 394. The van der Waals surface area contributed by atoms with Crippen LogP contribution in [0.3, 0.4) is 0 Å². The third-order valence-electron chi connectivity index (χ3n) is 1.84. The summed E-state index contributed by atoms with van der Waals surface area (Å²) < 4.78 is 1.02. The molecule has 0 fully saturated rings. The van der Waals surface area contributed by atoms with Crippen molar-refractivity contribution in [2.75, 3.05) is 0 Å². The summed E-state index contributed by atoms with van der Waals surface area (Å²) in [6.07, 6.45) is 0. The predicted octanol–water partition coefficient (Wildman–Crippen LogP) is 1.18. The van der Waals surface area contributed by atoms with Gasteiger partial charge in [-0.2, -0.15) is 0 Å². The lowest BCUT2D eigenvalue weighted by Gasteiger charge is -2.11. The summed E-state index contributed by atoms with van der Waals surface area (Å²) in [6, 6.07) is 0.669. The van der Waals surface area contributed by atoms with Crippen LogP contribution in [-0.2, 0) is 11.3 Å². The molecule has 1 aromatic heterocycles. The van der Waals surface area contributed by atoms with Crippen LogP contribution in [0, 0.1) is 0 Å². The number of nitrogens with two attached hydrogens (primary N) is 1. The van der Waals surface area contributed by atoms with Gasteiger partial charge in [-0.15, -0.1) is 11.3 Å². The van der Waals surface area contributed by atoms with Crippen molar-refractivity contribution in [3.8, 4) is 0 Å². The highest BCUT2D eigenvalue weighted by Crippen LogP contribution is 2.19. The zero-order valence-corrected chi connectivity index (χ0v) is 11.0. The SMILES string of the molecule is CC(NCc1cc(Br)cs1)C(=O)NC(N)=O. The maximum Gasteiger partial charge on any atom is 0.318 e. The highest BCUT2D eigenvalue weighted by atomic mass is 79.9. The molecule has 0 bridgehead atoms. The van der Waals surface area contributed by atoms with Crippen LogP contribution in [0.25, 0.3) is 0 Å². The molecule has 88 valence electrons. The molecule has 0 aliphatic carbocycles. The van der Waals surface area contributed by atoms with Crippen LogP contribution in [0.5, 0.6) is 0 Å². The normalized spacial score (nSPS) is 12.1. The molecule has 0 aliphatic heterocycles. The number of nitrogens with one attached hydrogen (secondary N) is 2. The van der Waals surface area contributed by atoms with Gasteiger partial charge in [0.15, 0.2) is 0 Å². The van der Waals surface area contributed by atoms with Gasteiger partial charge in [-0.3, -0.25) is 10.1 Å². The van der Waals surface area contributed by atoms with E-state index in [0.29, 0.717) is 6.54 Å². The third-order valence-corrected chi connectivity index (χ3v) is 3.54. The fraction of sp³-hybridized carbons (Fsp3) is 0.333. The van der Waals surface area contributed by atoms with Crippen molar-refractivity contribution in [1.82, 2.24) is 10.6 Å². The van der Waals surface area contributed by atoms with E-state index in [1.165, 1.54) is 0 Å². The van der Waals surface area contributed by atoms with Gasteiger partial charge in [0.2, 0.25) is 5.91 Å². The van der Waals surface area contributed by atoms with E-state index in [1.807, 2.05) is 16.8 Å². The number of halogens is 1. The van der Waals surface area contributed by atoms with E-state index < -0.39 is 18.0 Å². The Balaban J connectivity index is 2.37. The predicted molar refractivity (Wildman–Crippen MR) is 66.0 cm³/mol. The summed E-state index contributed by atoms with van der Waals surface area (Å²) in [5, 5.41) is 6.97. The standard InChI is InChI=1S/C9H12BrN3O2S/c1-5(8(14)13-9(11)15)12-3-7-2-6(10)4-16-7/h2,4-5,12H,3H2,1H3,(H3,11,13,14,15). The smallest absolute Gasteiger partial charge is 0.318 e. The molecule has 1 heterocycles. The van der Waals surface area contributed by atoms with E-state index in [9.17, 15) is 9.59 Å². The van der Waals surface area contributed by atoms with Crippen LogP contribution in [0.2, 0.25) is 0 Å². The first-order chi connectivity index (χ1) is 7.49. The third kappa shape index (κ3) is 4.30. The zero-order chi connectivity index (χ0) is 12.1. The molecule has 1 rings (SSSR count). The number of carbonyl (C=O) groups excluding carboxylic acids is 2. The average Bonchev–Trinajstić information content (AvgIpc) is 2.59. The van der Waals surface area contributed by atoms with Crippen LogP contribution in [0.4, 0.5) is 4.79 Å². The minimum Gasteiger partial charge on any atom is -0.351 e. The van der Waals surface area contributed by atoms with E-state index >= 15 is 0 Å². The fourth-order valence-corrected chi connectivity index (χ4v) is 2.42. The summed E-state index contributed by atoms with van der Waals surface area (Å²) in [5.41, 5.74) is 4.84. The largest absolute Gasteiger partial charge is 0.351 e. The lowest BCUT2D eigenvalue weighted by molar-refractivity contribution is -0.121. The van der Waals surface area contributed by atoms with E-state index in [1.54, 1.807) is 18.3 Å². The molecule has 16 heavy (non-hydrogen) atoms. The first-order valence-electron chi connectivity index (χ1n) is 4.55. The second kappa shape index (κ2) is 5.97. The molecule has 4 N–H and O–H groups in total. The van der Waals surface area contributed by atoms with Gasteiger partial charge in [-0.25, -0.2) is 4.79 Å². The second-order valence-corrected chi connectivity index (χ2v) is 5.10. The molecule has 3 amide bonds. The first kappa shape index (κ1) is 13.1. The molecule has 0 spiro atoms. The molecule has 1 atom stereocenters. The molecule has 7 heteroatoms. The Morgan fingerprint density at radius 3 is 2.81 bits per heavy atom. The first-order valence-corrected chi connectivity index (χ1v) is 6.23. The summed E-state index contributed by atoms with van der Waals surface area (Å²) in [7, 11) is 0. The molecule has 0 aliphatic rings. The number of thiophene rings is 1. The Morgan fingerprint density at radius 1 is 1.62 bits per heavy atom. The number of rotatable bonds is 4. The van der Waals surface area contributed by atoms with Gasteiger partial charge in [0.25, 0.3) is 0 Å². The number of hydrogen-bond donors (Lipinski definition) is 3. The number of carbonyl (C=O) groups is 2. The Morgan fingerprint density at radius 2 is 2.31 bits per heavy atom. The molecular formula is C9H12BrN3O2S. The fourth-order valence-electron chi connectivity index (χ4n) is 1.02. The van der Waals surface area contributed by atoms with Crippen LogP contribution in [0.15, 0.2) is 15.9 Å². The lowest BCUT2D eigenvalue weighted by atomic mass is 10.3. The zero-order valence-electron chi connectivity index (χ0n) is 8.62. The number of hydrogen-bond acceptors (Lipinski definition) is 4. The van der Waals surface area contributed by atoms with Crippen molar-refractivity contribution in [1.29, 1.82) is 0 Å². The maximum atomic E-state index is 11.3. The van der Waals surface area contributed by atoms with Gasteiger partial charge < -0.3 is 11.1 Å². The summed E-state index contributed by atoms with van der Waals surface area (Å²) in [5.74, 6) is -0.428.